The number of halogens is 1. The highest BCUT2D eigenvalue weighted by Crippen LogP contribution is 2.24. The molecule has 126 valence electrons. The number of aromatic nitrogens is 2. The van der Waals surface area contributed by atoms with Crippen molar-refractivity contribution >= 4 is 40.1 Å². The second-order valence-electron chi connectivity index (χ2n) is 5.91. The van der Waals surface area contributed by atoms with Crippen molar-refractivity contribution in [1.82, 2.24) is 9.97 Å². The van der Waals surface area contributed by atoms with Crippen LogP contribution in [0.15, 0.2) is 78.9 Å². The summed E-state index contributed by atoms with van der Waals surface area (Å²) in [7, 11) is 0. The molecule has 0 amide bonds. The number of imidazole rings is 1. The maximum Gasteiger partial charge on any atom is 0.196 e. The Bertz CT molecular complexity index is 1060. The van der Waals surface area contributed by atoms with E-state index in [1.807, 2.05) is 60.7 Å². The zero-order valence-electron chi connectivity index (χ0n) is 13.8. The molecule has 0 saturated carbocycles. The van der Waals surface area contributed by atoms with Gasteiger partial charge < -0.3 is 4.98 Å². The van der Waals surface area contributed by atoms with Crippen LogP contribution in [-0.4, -0.2) is 15.8 Å². The standard InChI is InChI=1S/C22H15ClN2O/c23-17-12-10-16(11-13-17)21(26)18(14-15-6-2-1-3-7-15)22-24-19-8-4-5-9-20(19)25-22/h1-14H,(H,24,25)/b18-14-. The van der Waals surface area contributed by atoms with Crippen LogP contribution < -0.4 is 0 Å². The Morgan fingerprint density at radius 3 is 2.31 bits per heavy atom. The van der Waals surface area contributed by atoms with E-state index in [2.05, 4.69) is 9.97 Å². The molecule has 0 saturated heterocycles. The van der Waals surface area contributed by atoms with E-state index in [1.54, 1.807) is 24.3 Å². The Hall–Kier alpha value is -3.17. The number of nitrogens with zero attached hydrogens (tertiary/aromatic N) is 1. The average molecular weight is 359 g/mol. The zero-order valence-corrected chi connectivity index (χ0v) is 14.6. The molecule has 0 atom stereocenters. The van der Waals surface area contributed by atoms with Gasteiger partial charge in [-0.25, -0.2) is 4.98 Å². The summed E-state index contributed by atoms with van der Waals surface area (Å²) in [6.07, 6.45) is 1.86. The minimum Gasteiger partial charge on any atom is -0.338 e. The van der Waals surface area contributed by atoms with Gasteiger partial charge in [0.15, 0.2) is 5.78 Å². The number of allylic oxidation sites excluding steroid dienone is 1. The van der Waals surface area contributed by atoms with Gasteiger partial charge in [-0.15, -0.1) is 0 Å². The maximum absolute atomic E-state index is 13.2. The monoisotopic (exact) mass is 358 g/mol. The number of rotatable bonds is 4. The van der Waals surface area contributed by atoms with E-state index in [1.165, 1.54) is 0 Å². The molecule has 4 aromatic rings. The Labute approximate surface area is 156 Å². The summed E-state index contributed by atoms with van der Waals surface area (Å²) in [5.74, 6) is 0.444. The lowest BCUT2D eigenvalue weighted by molar-refractivity contribution is 0.105. The van der Waals surface area contributed by atoms with E-state index in [-0.39, 0.29) is 5.78 Å². The van der Waals surface area contributed by atoms with Gasteiger partial charge in [-0.1, -0.05) is 54.1 Å². The third kappa shape index (κ3) is 3.30. The molecule has 4 rings (SSSR count). The van der Waals surface area contributed by atoms with Crippen molar-refractivity contribution in [3.63, 3.8) is 0 Å². The van der Waals surface area contributed by atoms with Gasteiger partial charge in [-0.05, 0) is 48.0 Å². The highest BCUT2D eigenvalue weighted by atomic mass is 35.5. The fraction of sp³-hybridized carbons (Fsp3) is 0. The quantitative estimate of drug-likeness (QED) is 0.379. The van der Waals surface area contributed by atoms with Crippen LogP contribution in [0.2, 0.25) is 5.02 Å². The highest BCUT2D eigenvalue weighted by Gasteiger charge is 2.18. The molecule has 0 aliphatic carbocycles. The van der Waals surface area contributed by atoms with Gasteiger partial charge in [0.2, 0.25) is 0 Å². The van der Waals surface area contributed by atoms with Crippen LogP contribution in [0, 0.1) is 0 Å². The molecule has 1 N–H and O–H groups in total. The van der Waals surface area contributed by atoms with E-state index in [4.69, 9.17) is 11.6 Å². The molecule has 26 heavy (non-hydrogen) atoms. The molecule has 4 heteroatoms. The molecule has 0 radical (unpaired) electrons. The SMILES string of the molecule is O=C(/C(=C/c1ccccc1)c1nc2ccccc2[nH]1)c1ccc(Cl)cc1. The van der Waals surface area contributed by atoms with Crippen LogP contribution >= 0.6 is 11.6 Å². The predicted octanol–water partition coefficient (Wildman–Crippen LogP) is 5.64. The zero-order chi connectivity index (χ0) is 17.9. The van der Waals surface area contributed by atoms with Gasteiger partial charge in [0, 0.05) is 10.6 Å². The summed E-state index contributed by atoms with van der Waals surface area (Å²) in [6.45, 7) is 0. The Balaban J connectivity index is 1.85. The van der Waals surface area contributed by atoms with Gasteiger partial charge >= 0.3 is 0 Å². The van der Waals surface area contributed by atoms with Gasteiger partial charge in [0.25, 0.3) is 0 Å². The number of carbonyl (C=O) groups is 1. The second-order valence-corrected chi connectivity index (χ2v) is 6.34. The smallest absolute Gasteiger partial charge is 0.196 e. The largest absolute Gasteiger partial charge is 0.338 e. The average Bonchev–Trinajstić information content (AvgIpc) is 3.11. The number of nitrogens with one attached hydrogen (secondary N) is 1. The van der Waals surface area contributed by atoms with Gasteiger partial charge in [0.1, 0.15) is 5.82 Å². The first-order valence-corrected chi connectivity index (χ1v) is 8.61. The second kappa shape index (κ2) is 6.98. The first kappa shape index (κ1) is 16.3. The molecule has 0 spiro atoms. The van der Waals surface area contributed by atoms with Crippen molar-refractivity contribution in [3.8, 4) is 0 Å². The highest BCUT2D eigenvalue weighted by molar-refractivity contribution is 6.33. The first-order chi connectivity index (χ1) is 12.7. The molecule has 1 aromatic heterocycles. The fourth-order valence-corrected chi connectivity index (χ4v) is 2.92. The fourth-order valence-electron chi connectivity index (χ4n) is 2.79. The van der Waals surface area contributed by atoms with E-state index in [9.17, 15) is 4.79 Å². The molecule has 3 nitrogen and oxygen atoms in total. The summed E-state index contributed by atoms with van der Waals surface area (Å²) in [4.78, 5) is 21.0. The summed E-state index contributed by atoms with van der Waals surface area (Å²) in [6, 6.07) is 24.3. The minimum atomic E-state index is -0.107. The molecule has 1 heterocycles. The number of para-hydroxylation sites is 2. The third-order valence-electron chi connectivity index (χ3n) is 4.11. The first-order valence-electron chi connectivity index (χ1n) is 8.23. The van der Waals surface area contributed by atoms with Crippen LogP contribution in [0.4, 0.5) is 0 Å². The molecule has 3 aromatic carbocycles. The molecular formula is C22H15ClN2O. The number of H-pyrrole nitrogens is 1. The lowest BCUT2D eigenvalue weighted by Crippen LogP contribution is -2.04. The topological polar surface area (TPSA) is 45.8 Å². The van der Waals surface area contributed by atoms with Crippen molar-refractivity contribution in [1.29, 1.82) is 0 Å². The normalized spacial score (nSPS) is 11.7. The number of fused-ring (bicyclic) bond motifs is 1. The van der Waals surface area contributed by atoms with E-state index in [0.29, 0.717) is 22.0 Å². The van der Waals surface area contributed by atoms with Crippen molar-refractivity contribution < 1.29 is 4.79 Å². The van der Waals surface area contributed by atoms with Crippen molar-refractivity contribution in [2.45, 2.75) is 0 Å². The summed E-state index contributed by atoms with van der Waals surface area (Å²) >= 11 is 5.95. The number of hydrogen-bond donors (Lipinski definition) is 1. The predicted molar refractivity (Wildman–Crippen MR) is 106 cm³/mol. The number of Topliss-reactive ketones (excluding diaryl/α,β-unsaturated/α-hetero) is 1. The maximum atomic E-state index is 13.2. The van der Waals surface area contributed by atoms with E-state index < -0.39 is 0 Å². The lowest BCUT2D eigenvalue weighted by Gasteiger charge is -2.05. The number of ketones is 1. The molecule has 0 unspecified atom stereocenters. The van der Waals surface area contributed by atoms with E-state index >= 15 is 0 Å². The molecule has 0 aliphatic heterocycles. The molecule has 0 bridgehead atoms. The molecule has 0 fully saturated rings. The third-order valence-corrected chi connectivity index (χ3v) is 4.36. The summed E-state index contributed by atoms with van der Waals surface area (Å²) in [5, 5.41) is 0.596. The van der Waals surface area contributed by atoms with E-state index in [0.717, 1.165) is 16.6 Å². The van der Waals surface area contributed by atoms with Crippen molar-refractivity contribution in [2.75, 3.05) is 0 Å². The number of hydrogen-bond acceptors (Lipinski definition) is 2. The minimum absolute atomic E-state index is 0.107. The Kier molecular flexibility index (Phi) is 4.38. The van der Waals surface area contributed by atoms with Crippen LogP contribution in [0.3, 0.4) is 0 Å². The Morgan fingerprint density at radius 1 is 0.885 bits per heavy atom. The lowest BCUT2D eigenvalue weighted by atomic mass is 10.0. The van der Waals surface area contributed by atoms with Gasteiger partial charge in [0.05, 0.1) is 16.6 Å². The number of aromatic amines is 1. The van der Waals surface area contributed by atoms with Gasteiger partial charge in [-0.3, -0.25) is 4.79 Å². The van der Waals surface area contributed by atoms with Crippen LogP contribution in [-0.2, 0) is 0 Å². The Morgan fingerprint density at radius 2 is 1.58 bits per heavy atom. The van der Waals surface area contributed by atoms with Crippen LogP contribution in [0.25, 0.3) is 22.7 Å². The van der Waals surface area contributed by atoms with Crippen LogP contribution in [0.1, 0.15) is 21.7 Å². The van der Waals surface area contributed by atoms with Crippen molar-refractivity contribution in [2.24, 2.45) is 0 Å². The summed E-state index contributed by atoms with van der Waals surface area (Å²) in [5.41, 5.74) is 3.73. The number of carbonyl (C=O) groups excluding carboxylic acids is 1. The number of benzene rings is 3. The molecular weight excluding hydrogens is 344 g/mol. The summed E-state index contributed by atoms with van der Waals surface area (Å²) < 4.78 is 0. The van der Waals surface area contributed by atoms with Gasteiger partial charge in [-0.2, -0.15) is 0 Å². The van der Waals surface area contributed by atoms with Crippen LogP contribution in [0.5, 0.6) is 0 Å². The van der Waals surface area contributed by atoms with Crippen molar-refractivity contribution in [3.05, 3.63) is 101 Å². The molecule has 0 aliphatic rings.